The summed E-state index contributed by atoms with van der Waals surface area (Å²) in [5.41, 5.74) is -0.157. The van der Waals surface area contributed by atoms with Gasteiger partial charge in [-0.3, -0.25) is 10.1 Å². The molecule has 1 N–H and O–H groups in total. The van der Waals surface area contributed by atoms with Crippen molar-refractivity contribution in [3.63, 3.8) is 0 Å². The lowest BCUT2D eigenvalue weighted by Gasteiger charge is -2.32. The number of nitrogens with one attached hydrogen (secondary N) is 1. The molecule has 0 aromatic carbocycles. The van der Waals surface area contributed by atoms with Gasteiger partial charge in [-0.25, -0.2) is 0 Å². The molecule has 1 aliphatic carbocycles. The van der Waals surface area contributed by atoms with E-state index in [0.29, 0.717) is 17.9 Å². The Kier molecular flexibility index (Phi) is 2.49. The number of carbonyl (C=O) groups is 1. The highest BCUT2D eigenvalue weighted by Gasteiger charge is 2.60. The number of likely N-dealkylation sites (tertiary alicyclic amines) is 1. The molecule has 4 nitrogen and oxygen atoms in total. The van der Waals surface area contributed by atoms with Crippen molar-refractivity contribution in [1.29, 1.82) is 0 Å². The van der Waals surface area contributed by atoms with Crippen LogP contribution in [0.4, 0.5) is 0 Å². The van der Waals surface area contributed by atoms with Crippen LogP contribution in [0.25, 0.3) is 0 Å². The number of carbonyl (C=O) groups excluding carboxylic acids is 1. The van der Waals surface area contributed by atoms with Crippen LogP contribution in [0.15, 0.2) is 0 Å². The van der Waals surface area contributed by atoms with E-state index in [0.717, 1.165) is 32.4 Å². The van der Waals surface area contributed by atoms with Crippen LogP contribution in [0.3, 0.4) is 0 Å². The third kappa shape index (κ3) is 1.69. The number of hydrogen-bond donors (Lipinski definition) is 1. The van der Waals surface area contributed by atoms with Crippen molar-refractivity contribution in [2.24, 2.45) is 5.92 Å². The molecule has 0 bridgehead atoms. The summed E-state index contributed by atoms with van der Waals surface area (Å²) in [7, 11) is 2.14. The highest BCUT2D eigenvalue weighted by atomic mass is 16.2. The summed E-state index contributed by atoms with van der Waals surface area (Å²) in [6.07, 6.45) is 3.45. The van der Waals surface area contributed by atoms with Crippen LogP contribution in [0.2, 0.25) is 0 Å². The van der Waals surface area contributed by atoms with Gasteiger partial charge >= 0.3 is 0 Å². The van der Waals surface area contributed by atoms with Crippen LogP contribution < -0.4 is 5.32 Å². The predicted octanol–water partition coefficient (Wildman–Crippen LogP) is 0.637. The molecule has 17 heavy (non-hydrogen) atoms. The molecule has 0 aromatic heterocycles. The van der Waals surface area contributed by atoms with Crippen LogP contribution in [0.5, 0.6) is 0 Å². The van der Waals surface area contributed by atoms with E-state index in [4.69, 9.17) is 0 Å². The van der Waals surface area contributed by atoms with Gasteiger partial charge < -0.3 is 9.80 Å². The fraction of sp³-hybridized carbons (Fsp3) is 0.923. The molecule has 2 aliphatic heterocycles. The fourth-order valence-electron chi connectivity index (χ4n) is 3.29. The van der Waals surface area contributed by atoms with Crippen LogP contribution in [0.1, 0.15) is 33.1 Å². The topological polar surface area (TPSA) is 35.6 Å². The molecular weight excluding hydrogens is 214 g/mol. The Labute approximate surface area is 103 Å². The van der Waals surface area contributed by atoms with Crippen molar-refractivity contribution < 1.29 is 4.79 Å². The van der Waals surface area contributed by atoms with E-state index in [1.54, 1.807) is 0 Å². The Bertz CT molecular complexity index is 338. The maximum Gasteiger partial charge on any atom is 0.244 e. The summed E-state index contributed by atoms with van der Waals surface area (Å²) in [5, 5.41) is 3.59. The van der Waals surface area contributed by atoms with Crippen LogP contribution in [-0.4, -0.2) is 53.6 Å². The van der Waals surface area contributed by atoms with E-state index in [1.165, 1.54) is 0 Å². The van der Waals surface area contributed by atoms with E-state index in [-0.39, 0.29) is 11.7 Å². The third-order valence-corrected chi connectivity index (χ3v) is 4.51. The molecule has 1 amide bonds. The maximum atomic E-state index is 12.5. The highest BCUT2D eigenvalue weighted by molar-refractivity contribution is 5.92. The summed E-state index contributed by atoms with van der Waals surface area (Å²) in [4.78, 5) is 17.0. The first-order valence-electron chi connectivity index (χ1n) is 6.82. The second-order valence-electron chi connectivity index (χ2n) is 6.33. The summed E-state index contributed by atoms with van der Waals surface area (Å²) in [5.74, 6) is 0.862. The van der Waals surface area contributed by atoms with Gasteiger partial charge in [-0.1, -0.05) is 13.8 Å². The highest BCUT2D eigenvalue weighted by Crippen LogP contribution is 2.44. The van der Waals surface area contributed by atoms with Crippen molar-refractivity contribution >= 4 is 5.91 Å². The van der Waals surface area contributed by atoms with Crippen molar-refractivity contribution in [2.75, 3.05) is 20.1 Å². The Morgan fingerprint density at radius 3 is 2.59 bits per heavy atom. The molecule has 0 aromatic rings. The normalized spacial score (nSPS) is 36.5. The SMILES string of the molecule is CC(C)C1NC2(CC2)C(=O)N1C1CCN(C)C1. The Morgan fingerprint density at radius 2 is 2.12 bits per heavy atom. The average molecular weight is 237 g/mol. The molecular formula is C13H23N3O. The van der Waals surface area contributed by atoms with Gasteiger partial charge in [0, 0.05) is 12.6 Å². The number of rotatable bonds is 2. The minimum absolute atomic E-state index is 0.157. The third-order valence-electron chi connectivity index (χ3n) is 4.51. The van der Waals surface area contributed by atoms with E-state index in [9.17, 15) is 4.79 Å². The molecule has 2 unspecified atom stereocenters. The molecule has 2 saturated heterocycles. The summed E-state index contributed by atoms with van der Waals surface area (Å²) in [6, 6.07) is 0.423. The number of nitrogens with zero attached hydrogens (tertiary/aromatic N) is 2. The van der Waals surface area contributed by atoms with E-state index in [1.807, 2.05) is 0 Å². The standard InChI is InChI=1S/C13H23N3O/c1-9(2)11-14-13(5-6-13)12(17)16(11)10-4-7-15(3)8-10/h9-11,14H,4-8H2,1-3H3. The van der Waals surface area contributed by atoms with E-state index >= 15 is 0 Å². The smallest absolute Gasteiger partial charge is 0.244 e. The number of hydrogen-bond acceptors (Lipinski definition) is 3. The molecule has 3 fully saturated rings. The lowest BCUT2D eigenvalue weighted by molar-refractivity contribution is -0.133. The summed E-state index contributed by atoms with van der Waals surface area (Å²) >= 11 is 0. The van der Waals surface area contributed by atoms with Gasteiger partial charge in [0.2, 0.25) is 5.91 Å². The van der Waals surface area contributed by atoms with Gasteiger partial charge in [0.05, 0.1) is 11.7 Å². The second-order valence-corrected chi connectivity index (χ2v) is 6.33. The first-order valence-corrected chi connectivity index (χ1v) is 6.82. The van der Waals surface area contributed by atoms with Crippen LogP contribution in [-0.2, 0) is 4.79 Å². The van der Waals surface area contributed by atoms with Gasteiger partial charge in [-0.05, 0) is 38.8 Å². The first-order chi connectivity index (χ1) is 8.03. The van der Waals surface area contributed by atoms with Crippen molar-refractivity contribution in [3.05, 3.63) is 0 Å². The largest absolute Gasteiger partial charge is 0.321 e. The van der Waals surface area contributed by atoms with Gasteiger partial charge in [-0.2, -0.15) is 0 Å². The molecule has 2 atom stereocenters. The van der Waals surface area contributed by atoms with Crippen molar-refractivity contribution in [3.8, 4) is 0 Å². The van der Waals surface area contributed by atoms with Crippen LogP contribution >= 0.6 is 0 Å². The maximum absolute atomic E-state index is 12.5. The van der Waals surface area contributed by atoms with Crippen LogP contribution in [0, 0.1) is 5.92 Å². The molecule has 1 spiro atoms. The molecule has 2 heterocycles. The minimum Gasteiger partial charge on any atom is -0.321 e. The quantitative estimate of drug-likeness (QED) is 0.765. The van der Waals surface area contributed by atoms with Gasteiger partial charge in [0.25, 0.3) is 0 Å². The zero-order valence-corrected chi connectivity index (χ0v) is 11.1. The second kappa shape index (κ2) is 3.69. The monoisotopic (exact) mass is 237 g/mol. The molecule has 0 radical (unpaired) electrons. The van der Waals surface area contributed by atoms with Crippen molar-refractivity contribution in [2.45, 2.75) is 50.9 Å². The molecule has 1 saturated carbocycles. The van der Waals surface area contributed by atoms with Gasteiger partial charge in [0.1, 0.15) is 0 Å². The average Bonchev–Trinajstić information content (AvgIpc) is 2.84. The first kappa shape index (κ1) is 11.5. The Balaban J connectivity index is 1.82. The molecule has 4 heteroatoms. The zero-order valence-electron chi connectivity index (χ0n) is 11.1. The molecule has 3 aliphatic rings. The van der Waals surface area contributed by atoms with E-state index < -0.39 is 0 Å². The number of likely N-dealkylation sites (N-methyl/N-ethyl adjacent to an activating group) is 1. The van der Waals surface area contributed by atoms with Crippen molar-refractivity contribution in [1.82, 2.24) is 15.1 Å². The Morgan fingerprint density at radius 1 is 1.41 bits per heavy atom. The molecule has 96 valence electrons. The molecule has 3 rings (SSSR count). The summed E-state index contributed by atoms with van der Waals surface area (Å²) in [6.45, 7) is 6.56. The lowest BCUT2D eigenvalue weighted by atomic mass is 10.1. The number of amides is 1. The lowest BCUT2D eigenvalue weighted by Crippen LogP contribution is -2.48. The predicted molar refractivity (Wildman–Crippen MR) is 66.5 cm³/mol. The summed E-state index contributed by atoms with van der Waals surface area (Å²) < 4.78 is 0. The van der Waals surface area contributed by atoms with Gasteiger partial charge in [0.15, 0.2) is 0 Å². The Hall–Kier alpha value is -0.610. The van der Waals surface area contributed by atoms with E-state index in [2.05, 4.69) is 36.0 Å². The fourth-order valence-corrected chi connectivity index (χ4v) is 3.29. The minimum atomic E-state index is -0.157. The zero-order chi connectivity index (χ0) is 12.2. The van der Waals surface area contributed by atoms with Gasteiger partial charge in [-0.15, -0.1) is 0 Å².